The van der Waals surface area contributed by atoms with Crippen molar-refractivity contribution in [2.45, 2.75) is 26.3 Å². The molecule has 7 heteroatoms. The highest BCUT2D eigenvalue weighted by molar-refractivity contribution is 5.93. The Hall–Kier alpha value is -3.48. The van der Waals surface area contributed by atoms with E-state index in [9.17, 15) is 14.4 Å². The quantitative estimate of drug-likeness (QED) is 0.503. The van der Waals surface area contributed by atoms with Crippen LogP contribution in [0.5, 0.6) is 0 Å². The Morgan fingerprint density at radius 3 is 2.61 bits per heavy atom. The van der Waals surface area contributed by atoms with E-state index in [0.717, 1.165) is 12.8 Å². The predicted octanol–water partition coefficient (Wildman–Crippen LogP) is 2.99. The van der Waals surface area contributed by atoms with Crippen molar-refractivity contribution in [3.05, 3.63) is 70.8 Å². The lowest BCUT2D eigenvalue weighted by molar-refractivity contribution is -0.116. The minimum absolute atomic E-state index is 0.155. The summed E-state index contributed by atoms with van der Waals surface area (Å²) in [5, 5.41) is 3.17. The van der Waals surface area contributed by atoms with Gasteiger partial charge in [0.15, 0.2) is 0 Å². The summed E-state index contributed by atoms with van der Waals surface area (Å²) >= 11 is 0. The third kappa shape index (κ3) is 4.62. The molecule has 1 heterocycles. The van der Waals surface area contributed by atoms with Crippen molar-refractivity contribution in [1.82, 2.24) is 9.55 Å². The Kier molecular flexibility index (Phi) is 6.16. The second kappa shape index (κ2) is 8.94. The van der Waals surface area contributed by atoms with E-state index in [2.05, 4.69) is 10.3 Å². The summed E-state index contributed by atoms with van der Waals surface area (Å²) in [7, 11) is 0. The van der Waals surface area contributed by atoms with Gasteiger partial charge in [0.1, 0.15) is 6.54 Å². The van der Waals surface area contributed by atoms with Crippen LogP contribution in [0.25, 0.3) is 10.9 Å². The second-order valence-corrected chi connectivity index (χ2v) is 6.31. The van der Waals surface area contributed by atoms with Crippen LogP contribution in [0.1, 0.15) is 30.1 Å². The molecule has 0 fully saturated rings. The minimum Gasteiger partial charge on any atom is -0.462 e. The molecular weight excluding hydrogens is 358 g/mol. The molecule has 3 rings (SSSR count). The molecule has 144 valence electrons. The molecule has 0 saturated carbocycles. The van der Waals surface area contributed by atoms with Gasteiger partial charge in [0.2, 0.25) is 5.91 Å². The molecular formula is C21H21N3O4. The predicted molar refractivity (Wildman–Crippen MR) is 106 cm³/mol. The summed E-state index contributed by atoms with van der Waals surface area (Å²) in [6, 6.07) is 13.4. The molecule has 7 nitrogen and oxygen atoms in total. The van der Waals surface area contributed by atoms with Crippen LogP contribution in [0, 0.1) is 0 Å². The molecule has 0 aliphatic rings. The van der Waals surface area contributed by atoms with Crippen LogP contribution in [0.15, 0.2) is 59.7 Å². The van der Waals surface area contributed by atoms with E-state index < -0.39 is 0 Å². The van der Waals surface area contributed by atoms with Crippen molar-refractivity contribution in [2.24, 2.45) is 0 Å². The maximum absolute atomic E-state index is 12.4. The number of nitrogens with one attached hydrogen (secondary N) is 1. The number of carbonyl (C=O) groups is 2. The fraction of sp³-hybridized carbons (Fsp3) is 0.238. The first-order valence-electron chi connectivity index (χ1n) is 9.09. The number of amides is 1. The van der Waals surface area contributed by atoms with Crippen LogP contribution in [-0.4, -0.2) is 28.0 Å². The van der Waals surface area contributed by atoms with Gasteiger partial charge in [0.05, 0.1) is 29.4 Å². The third-order valence-corrected chi connectivity index (χ3v) is 4.18. The fourth-order valence-corrected chi connectivity index (χ4v) is 2.66. The molecule has 0 aliphatic carbocycles. The van der Waals surface area contributed by atoms with E-state index in [4.69, 9.17) is 4.74 Å². The monoisotopic (exact) mass is 379 g/mol. The van der Waals surface area contributed by atoms with E-state index in [-0.39, 0.29) is 24.0 Å². The SMILES string of the molecule is CCCCOC(=O)c1ccc(NC(=O)Cn2cnc3ccccc3c2=O)cc1. The van der Waals surface area contributed by atoms with Gasteiger partial charge in [-0.05, 0) is 42.8 Å². The normalized spacial score (nSPS) is 10.6. The van der Waals surface area contributed by atoms with Crippen LogP contribution in [0.2, 0.25) is 0 Å². The molecule has 0 radical (unpaired) electrons. The van der Waals surface area contributed by atoms with Crippen LogP contribution < -0.4 is 10.9 Å². The van der Waals surface area contributed by atoms with E-state index in [0.29, 0.717) is 28.8 Å². The Labute approximate surface area is 162 Å². The van der Waals surface area contributed by atoms with E-state index in [1.54, 1.807) is 48.5 Å². The Bertz CT molecular complexity index is 1040. The molecule has 0 unspecified atom stereocenters. The number of benzene rings is 2. The Balaban J connectivity index is 1.63. The highest BCUT2D eigenvalue weighted by atomic mass is 16.5. The van der Waals surface area contributed by atoms with Crippen LogP contribution in [-0.2, 0) is 16.1 Å². The average molecular weight is 379 g/mol. The van der Waals surface area contributed by atoms with E-state index >= 15 is 0 Å². The zero-order chi connectivity index (χ0) is 19.9. The highest BCUT2D eigenvalue weighted by Gasteiger charge is 2.10. The lowest BCUT2D eigenvalue weighted by Gasteiger charge is -2.09. The lowest BCUT2D eigenvalue weighted by atomic mass is 10.2. The summed E-state index contributed by atoms with van der Waals surface area (Å²) in [6.45, 7) is 2.26. The van der Waals surface area contributed by atoms with E-state index in [1.165, 1.54) is 10.9 Å². The van der Waals surface area contributed by atoms with Gasteiger partial charge in [-0.15, -0.1) is 0 Å². The van der Waals surface area contributed by atoms with Crippen molar-refractivity contribution < 1.29 is 14.3 Å². The number of ether oxygens (including phenoxy) is 1. The van der Waals surface area contributed by atoms with Gasteiger partial charge in [0.25, 0.3) is 5.56 Å². The molecule has 1 N–H and O–H groups in total. The fourth-order valence-electron chi connectivity index (χ4n) is 2.66. The Morgan fingerprint density at radius 2 is 1.86 bits per heavy atom. The average Bonchev–Trinajstić information content (AvgIpc) is 2.71. The van der Waals surface area contributed by atoms with Crippen LogP contribution >= 0.6 is 0 Å². The van der Waals surface area contributed by atoms with Crippen molar-refractivity contribution in [1.29, 1.82) is 0 Å². The second-order valence-electron chi connectivity index (χ2n) is 6.31. The van der Waals surface area contributed by atoms with Crippen molar-refractivity contribution in [3.63, 3.8) is 0 Å². The number of esters is 1. The summed E-state index contributed by atoms with van der Waals surface area (Å²) in [4.78, 5) is 40.8. The molecule has 0 spiro atoms. The first kappa shape index (κ1) is 19.3. The number of fused-ring (bicyclic) bond motifs is 1. The molecule has 3 aromatic rings. The topological polar surface area (TPSA) is 90.3 Å². The number of para-hydroxylation sites is 1. The molecule has 2 aromatic carbocycles. The molecule has 1 aromatic heterocycles. The van der Waals surface area contributed by atoms with Gasteiger partial charge in [-0.1, -0.05) is 25.5 Å². The maximum atomic E-state index is 12.4. The number of aromatic nitrogens is 2. The van der Waals surface area contributed by atoms with Gasteiger partial charge in [0, 0.05) is 5.69 Å². The zero-order valence-corrected chi connectivity index (χ0v) is 15.6. The van der Waals surface area contributed by atoms with Gasteiger partial charge in [-0.3, -0.25) is 14.2 Å². The first-order chi connectivity index (χ1) is 13.6. The Morgan fingerprint density at radius 1 is 1.11 bits per heavy atom. The first-order valence-corrected chi connectivity index (χ1v) is 9.09. The minimum atomic E-state index is -0.389. The molecule has 0 saturated heterocycles. The van der Waals surface area contributed by atoms with Crippen molar-refractivity contribution in [2.75, 3.05) is 11.9 Å². The smallest absolute Gasteiger partial charge is 0.338 e. The van der Waals surface area contributed by atoms with Gasteiger partial charge >= 0.3 is 5.97 Å². The highest BCUT2D eigenvalue weighted by Crippen LogP contribution is 2.11. The van der Waals surface area contributed by atoms with Gasteiger partial charge < -0.3 is 10.1 Å². The number of unbranched alkanes of at least 4 members (excludes halogenated alkanes) is 1. The molecule has 1 amide bonds. The molecule has 0 bridgehead atoms. The number of hydrogen-bond acceptors (Lipinski definition) is 5. The number of hydrogen-bond donors (Lipinski definition) is 1. The maximum Gasteiger partial charge on any atom is 0.338 e. The number of rotatable bonds is 7. The number of carbonyl (C=O) groups excluding carboxylic acids is 2. The van der Waals surface area contributed by atoms with Gasteiger partial charge in [-0.25, -0.2) is 9.78 Å². The summed E-state index contributed by atoms with van der Waals surface area (Å²) in [5.74, 6) is -0.752. The molecule has 0 aliphatic heterocycles. The molecule has 0 atom stereocenters. The van der Waals surface area contributed by atoms with Crippen LogP contribution in [0.4, 0.5) is 5.69 Å². The zero-order valence-electron chi connectivity index (χ0n) is 15.6. The largest absolute Gasteiger partial charge is 0.462 e. The van der Waals surface area contributed by atoms with Gasteiger partial charge in [-0.2, -0.15) is 0 Å². The number of anilines is 1. The standard InChI is InChI=1S/C21H21N3O4/c1-2-3-12-28-21(27)15-8-10-16(11-9-15)23-19(25)13-24-14-22-18-7-5-4-6-17(18)20(24)26/h4-11,14H,2-3,12-13H2,1H3,(H,23,25). The lowest BCUT2D eigenvalue weighted by Crippen LogP contribution is -2.27. The number of nitrogens with zero attached hydrogens (tertiary/aromatic N) is 2. The summed E-state index contributed by atoms with van der Waals surface area (Å²) in [5.41, 5.74) is 1.26. The third-order valence-electron chi connectivity index (χ3n) is 4.18. The molecule has 28 heavy (non-hydrogen) atoms. The summed E-state index contributed by atoms with van der Waals surface area (Å²) < 4.78 is 6.41. The van der Waals surface area contributed by atoms with Crippen molar-refractivity contribution >= 4 is 28.5 Å². The summed E-state index contributed by atoms with van der Waals surface area (Å²) in [6.07, 6.45) is 3.14. The van der Waals surface area contributed by atoms with Crippen LogP contribution in [0.3, 0.4) is 0 Å². The van der Waals surface area contributed by atoms with E-state index in [1.807, 2.05) is 6.92 Å². The van der Waals surface area contributed by atoms with Crippen molar-refractivity contribution in [3.8, 4) is 0 Å².